The van der Waals surface area contributed by atoms with Crippen molar-refractivity contribution < 1.29 is 0 Å². The average Bonchev–Trinajstić information content (AvgIpc) is 2.37. The van der Waals surface area contributed by atoms with Gasteiger partial charge in [0, 0.05) is 11.8 Å². The van der Waals surface area contributed by atoms with Crippen molar-refractivity contribution in [3.63, 3.8) is 0 Å². The molecule has 2 nitrogen and oxygen atoms in total. The number of thioether (sulfide) groups is 1. The molecule has 2 aliphatic rings. The molecule has 17 heavy (non-hydrogen) atoms. The number of hydrogen-bond acceptors (Lipinski definition) is 3. The standard InChI is InChI=1S/C14H26N2S/c1-3-13(12-7-5-4-6-8-12)16-14-15-11(2)9-10-17-14/h11-13H,3-10H2,1-2H3,(H,15,16). The Morgan fingerprint density at radius 3 is 2.71 bits per heavy atom. The first-order valence-electron chi connectivity index (χ1n) is 7.26. The van der Waals surface area contributed by atoms with Crippen LogP contribution >= 0.6 is 11.8 Å². The van der Waals surface area contributed by atoms with Crippen molar-refractivity contribution in [2.24, 2.45) is 10.9 Å². The molecule has 0 radical (unpaired) electrons. The van der Waals surface area contributed by atoms with Crippen LogP contribution in [0.2, 0.25) is 0 Å². The molecular weight excluding hydrogens is 228 g/mol. The van der Waals surface area contributed by atoms with Crippen molar-refractivity contribution in [3.8, 4) is 0 Å². The maximum atomic E-state index is 4.73. The van der Waals surface area contributed by atoms with Crippen LogP contribution in [-0.4, -0.2) is 23.0 Å². The third-order valence-electron chi connectivity index (χ3n) is 4.08. The van der Waals surface area contributed by atoms with Gasteiger partial charge < -0.3 is 5.32 Å². The maximum absolute atomic E-state index is 4.73. The number of nitrogens with one attached hydrogen (secondary N) is 1. The Labute approximate surface area is 110 Å². The average molecular weight is 254 g/mol. The van der Waals surface area contributed by atoms with E-state index in [1.165, 1.54) is 55.9 Å². The molecule has 2 rings (SSSR count). The van der Waals surface area contributed by atoms with Crippen LogP contribution in [0.1, 0.15) is 58.8 Å². The van der Waals surface area contributed by atoms with Crippen LogP contribution in [0.3, 0.4) is 0 Å². The Morgan fingerprint density at radius 2 is 2.06 bits per heavy atom. The van der Waals surface area contributed by atoms with E-state index in [4.69, 9.17) is 4.99 Å². The Kier molecular flexibility index (Phi) is 5.20. The number of hydrogen-bond donors (Lipinski definition) is 1. The summed E-state index contributed by atoms with van der Waals surface area (Å²) >= 11 is 1.91. The molecule has 2 unspecified atom stereocenters. The van der Waals surface area contributed by atoms with Gasteiger partial charge in [-0.05, 0) is 38.5 Å². The first-order valence-corrected chi connectivity index (χ1v) is 8.25. The molecule has 0 bridgehead atoms. The predicted octanol–water partition coefficient (Wildman–Crippen LogP) is 3.82. The quantitative estimate of drug-likeness (QED) is 0.828. The van der Waals surface area contributed by atoms with E-state index >= 15 is 0 Å². The first kappa shape index (κ1) is 13.3. The van der Waals surface area contributed by atoms with E-state index in [1.54, 1.807) is 0 Å². The van der Waals surface area contributed by atoms with Crippen LogP contribution in [0.25, 0.3) is 0 Å². The van der Waals surface area contributed by atoms with Crippen LogP contribution in [-0.2, 0) is 0 Å². The maximum Gasteiger partial charge on any atom is 0.157 e. The summed E-state index contributed by atoms with van der Waals surface area (Å²) in [6, 6.07) is 1.18. The van der Waals surface area contributed by atoms with Gasteiger partial charge in [0.25, 0.3) is 0 Å². The van der Waals surface area contributed by atoms with E-state index in [0.717, 1.165) is 5.92 Å². The van der Waals surface area contributed by atoms with Gasteiger partial charge in [-0.2, -0.15) is 0 Å². The molecule has 1 N–H and O–H groups in total. The SMILES string of the molecule is CCC(NC1=NC(C)CCS1)C1CCCCC1. The molecule has 0 aromatic rings. The van der Waals surface area contributed by atoms with Gasteiger partial charge in [0.1, 0.15) is 0 Å². The van der Waals surface area contributed by atoms with Crippen LogP contribution < -0.4 is 5.32 Å². The highest BCUT2D eigenvalue weighted by Gasteiger charge is 2.24. The second kappa shape index (κ2) is 6.67. The van der Waals surface area contributed by atoms with Crippen LogP contribution in [0.5, 0.6) is 0 Å². The monoisotopic (exact) mass is 254 g/mol. The van der Waals surface area contributed by atoms with Crippen molar-refractivity contribution in [1.82, 2.24) is 5.32 Å². The Balaban J connectivity index is 1.89. The second-order valence-corrected chi connectivity index (χ2v) is 6.56. The zero-order valence-corrected chi connectivity index (χ0v) is 12.1. The molecule has 0 aromatic heterocycles. The van der Waals surface area contributed by atoms with E-state index in [9.17, 15) is 0 Å². The Bertz CT molecular complexity index is 259. The first-order chi connectivity index (χ1) is 8.29. The molecule has 1 fully saturated rings. The van der Waals surface area contributed by atoms with Gasteiger partial charge >= 0.3 is 0 Å². The molecule has 3 heteroatoms. The van der Waals surface area contributed by atoms with Gasteiger partial charge in [0.2, 0.25) is 0 Å². The second-order valence-electron chi connectivity index (χ2n) is 5.48. The van der Waals surface area contributed by atoms with Gasteiger partial charge in [0.15, 0.2) is 5.17 Å². The Morgan fingerprint density at radius 1 is 1.29 bits per heavy atom. The van der Waals surface area contributed by atoms with Gasteiger partial charge in [-0.25, -0.2) is 0 Å². The molecule has 98 valence electrons. The lowest BCUT2D eigenvalue weighted by Gasteiger charge is -2.32. The van der Waals surface area contributed by atoms with E-state index in [2.05, 4.69) is 19.2 Å². The number of rotatable bonds is 3. The van der Waals surface area contributed by atoms with Gasteiger partial charge in [-0.3, -0.25) is 4.99 Å². The minimum atomic E-state index is 0.516. The van der Waals surface area contributed by atoms with Crippen molar-refractivity contribution in [2.75, 3.05) is 5.75 Å². The van der Waals surface area contributed by atoms with Gasteiger partial charge in [0.05, 0.1) is 6.04 Å². The molecule has 1 aliphatic heterocycles. The number of nitrogens with zero attached hydrogens (tertiary/aromatic N) is 1. The predicted molar refractivity (Wildman–Crippen MR) is 77.8 cm³/mol. The highest BCUT2D eigenvalue weighted by atomic mass is 32.2. The molecule has 1 heterocycles. The lowest BCUT2D eigenvalue weighted by molar-refractivity contribution is 0.284. The van der Waals surface area contributed by atoms with E-state index < -0.39 is 0 Å². The summed E-state index contributed by atoms with van der Waals surface area (Å²) in [6.45, 7) is 4.53. The van der Waals surface area contributed by atoms with Crippen molar-refractivity contribution in [2.45, 2.75) is 70.9 Å². The molecular formula is C14H26N2S. The topological polar surface area (TPSA) is 24.4 Å². The molecule has 1 aliphatic carbocycles. The number of aliphatic imine (C=N–C) groups is 1. The number of amidine groups is 1. The van der Waals surface area contributed by atoms with E-state index in [-0.39, 0.29) is 0 Å². The van der Waals surface area contributed by atoms with Crippen LogP contribution in [0.4, 0.5) is 0 Å². The zero-order valence-electron chi connectivity index (χ0n) is 11.2. The lowest BCUT2D eigenvalue weighted by Crippen LogP contribution is -2.40. The largest absolute Gasteiger partial charge is 0.362 e. The van der Waals surface area contributed by atoms with E-state index in [0.29, 0.717) is 12.1 Å². The molecule has 2 atom stereocenters. The molecule has 0 saturated heterocycles. The minimum Gasteiger partial charge on any atom is -0.362 e. The normalized spacial score (nSPS) is 28.6. The molecule has 0 spiro atoms. The summed E-state index contributed by atoms with van der Waals surface area (Å²) in [6.07, 6.45) is 9.60. The fourth-order valence-corrected chi connectivity index (χ4v) is 4.10. The minimum absolute atomic E-state index is 0.516. The summed E-state index contributed by atoms with van der Waals surface area (Å²) in [5.41, 5.74) is 0. The van der Waals surface area contributed by atoms with Crippen LogP contribution in [0, 0.1) is 5.92 Å². The smallest absolute Gasteiger partial charge is 0.157 e. The zero-order chi connectivity index (χ0) is 12.1. The summed E-state index contributed by atoms with van der Waals surface area (Å²) in [5.74, 6) is 2.11. The third-order valence-corrected chi connectivity index (χ3v) is 5.02. The highest BCUT2D eigenvalue weighted by molar-refractivity contribution is 8.13. The fourth-order valence-electron chi connectivity index (χ4n) is 2.96. The lowest BCUT2D eigenvalue weighted by atomic mass is 9.83. The summed E-state index contributed by atoms with van der Waals surface area (Å²) in [5, 5.41) is 4.93. The summed E-state index contributed by atoms with van der Waals surface area (Å²) in [7, 11) is 0. The summed E-state index contributed by atoms with van der Waals surface area (Å²) in [4.78, 5) is 4.73. The Hall–Kier alpha value is -0.180. The third kappa shape index (κ3) is 3.90. The van der Waals surface area contributed by atoms with Crippen molar-refractivity contribution >= 4 is 16.9 Å². The van der Waals surface area contributed by atoms with Crippen LogP contribution in [0.15, 0.2) is 4.99 Å². The molecule has 1 saturated carbocycles. The van der Waals surface area contributed by atoms with Crippen molar-refractivity contribution in [3.05, 3.63) is 0 Å². The van der Waals surface area contributed by atoms with E-state index in [1.807, 2.05) is 11.8 Å². The van der Waals surface area contributed by atoms with Gasteiger partial charge in [-0.1, -0.05) is 37.9 Å². The molecule has 0 aromatic carbocycles. The molecule has 0 amide bonds. The van der Waals surface area contributed by atoms with Gasteiger partial charge in [-0.15, -0.1) is 0 Å². The fraction of sp³-hybridized carbons (Fsp3) is 0.929. The van der Waals surface area contributed by atoms with Crippen molar-refractivity contribution in [1.29, 1.82) is 0 Å². The summed E-state index contributed by atoms with van der Waals surface area (Å²) < 4.78 is 0. The highest BCUT2D eigenvalue weighted by Crippen LogP contribution is 2.28.